The molecule has 1 aromatic carbocycles. The quantitative estimate of drug-likeness (QED) is 0.790. The molecular formula is C17H21BrN4O. The van der Waals surface area contributed by atoms with E-state index in [1.165, 1.54) is 0 Å². The number of rotatable bonds is 6. The van der Waals surface area contributed by atoms with Gasteiger partial charge in [0.05, 0.1) is 5.69 Å². The van der Waals surface area contributed by atoms with E-state index < -0.39 is 0 Å². The number of benzene rings is 1. The third-order valence-electron chi connectivity index (χ3n) is 3.22. The number of nitrogens with zero attached hydrogens (tertiary/aromatic N) is 2. The minimum absolute atomic E-state index is 0.255. The largest absolute Gasteiger partial charge is 0.370 e. The second-order valence-electron chi connectivity index (χ2n) is 5.73. The topological polar surface area (TPSA) is 66.9 Å². The molecule has 0 fully saturated rings. The summed E-state index contributed by atoms with van der Waals surface area (Å²) in [5, 5.41) is 6.10. The number of hydrogen-bond donors (Lipinski definition) is 2. The molecule has 0 aliphatic rings. The molecule has 0 bridgehead atoms. The van der Waals surface area contributed by atoms with Crippen molar-refractivity contribution in [3.05, 3.63) is 46.3 Å². The van der Waals surface area contributed by atoms with Gasteiger partial charge in [0.2, 0.25) is 0 Å². The minimum Gasteiger partial charge on any atom is -0.370 e. The Labute approximate surface area is 145 Å². The van der Waals surface area contributed by atoms with E-state index in [0.717, 1.165) is 17.4 Å². The lowest BCUT2D eigenvalue weighted by Crippen LogP contribution is -2.16. The van der Waals surface area contributed by atoms with Crippen molar-refractivity contribution in [2.75, 3.05) is 17.2 Å². The summed E-state index contributed by atoms with van der Waals surface area (Å²) in [6, 6.07) is 9.15. The first-order chi connectivity index (χ1) is 11.0. The molecule has 0 radical (unpaired) electrons. The van der Waals surface area contributed by atoms with Gasteiger partial charge in [0, 0.05) is 17.1 Å². The average Bonchev–Trinajstić information content (AvgIpc) is 2.48. The molecule has 23 heavy (non-hydrogen) atoms. The van der Waals surface area contributed by atoms with Crippen LogP contribution in [0.3, 0.4) is 0 Å². The predicted molar refractivity (Wildman–Crippen MR) is 96.8 cm³/mol. The summed E-state index contributed by atoms with van der Waals surface area (Å²) in [4.78, 5) is 21.0. The number of para-hydroxylation sites is 1. The Morgan fingerprint density at radius 2 is 2.00 bits per heavy atom. The summed E-state index contributed by atoms with van der Waals surface area (Å²) in [7, 11) is 0. The maximum atomic E-state index is 12.4. The van der Waals surface area contributed by atoms with E-state index in [2.05, 4.69) is 50.4 Å². The van der Waals surface area contributed by atoms with Gasteiger partial charge >= 0.3 is 0 Å². The van der Waals surface area contributed by atoms with E-state index in [0.29, 0.717) is 28.9 Å². The van der Waals surface area contributed by atoms with Crippen LogP contribution >= 0.6 is 15.9 Å². The van der Waals surface area contributed by atoms with E-state index in [9.17, 15) is 4.79 Å². The van der Waals surface area contributed by atoms with Crippen LogP contribution in [0.15, 0.2) is 34.8 Å². The van der Waals surface area contributed by atoms with Gasteiger partial charge in [0.25, 0.3) is 5.91 Å². The molecule has 1 heterocycles. The van der Waals surface area contributed by atoms with Gasteiger partial charge in [-0.05, 0) is 47.3 Å². The molecule has 0 atom stereocenters. The summed E-state index contributed by atoms with van der Waals surface area (Å²) in [6.07, 6.45) is 1.04. The minimum atomic E-state index is -0.255. The zero-order valence-corrected chi connectivity index (χ0v) is 15.1. The number of aromatic nitrogens is 2. The standard InChI is InChI=1S/C17H21BrN4O/c1-11(2)8-9-19-16-10-15(20-12(3)21-16)17(23)22-14-7-5-4-6-13(14)18/h4-7,10-11H,8-9H2,1-3H3,(H,22,23)(H,19,20,21). The van der Waals surface area contributed by atoms with E-state index in [-0.39, 0.29) is 5.91 Å². The maximum absolute atomic E-state index is 12.4. The van der Waals surface area contributed by atoms with Crippen LogP contribution in [0.5, 0.6) is 0 Å². The molecule has 2 N–H and O–H groups in total. The molecule has 1 aromatic heterocycles. The van der Waals surface area contributed by atoms with Crippen LogP contribution in [0.25, 0.3) is 0 Å². The number of amides is 1. The third kappa shape index (κ3) is 5.32. The monoisotopic (exact) mass is 376 g/mol. The number of hydrogen-bond acceptors (Lipinski definition) is 4. The molecule has 5 nitrogen and oxygen atoms in total. The van der Waals surface area contributed by atoms with Crippen LogP contribution < -0.4 is 10.6 Å². The van der Waals surface area contributed by atoms with E-state index in [4.69, 9.17) is 0 Å². The highest BCUT2D eigenvalue weighted by atomic mass is 79.9. The fourth-order valence-electron chi connectivity index (χ4n) is 2.01. The zero-order valence-electron chi connectivity index (χ0n) is 13.6. The van der Waals surface area contributed by atoms with Crippen LogP contribution in [-0.4, -0.2) is 22.4 Å². The van der Waals surface area contributed by atoms with Crippen molar-refractivity contribution >= 4 is 33.3 Å². The maximum Gasteiger partial charge on any atom is 0.274 e. The predicted octanol–water partition coefficient (Wildman–Crippen LogP) is 4.26. The number of nitrogens with one attached hydrogen (secondary N) is 2. The Hall–Kier alpha value is -1.95. The number of carbonyl (C=O) groups excluding carboxylic acids is 1. The van der Waals surface area contributed by atoms with Gasteiger partial charge in [-0.2, -0.15) is 0 Å². The van der Waals surface area contributed by atoms with Crippen molar-refractivity contribution in [2.24, 2.45) is 5.92 Å². The fraction of sp³-hybridized carbons (Fsp3) is 0.353. The lowest BCUT2D eigenvalue weighted by atomic mass is 10.1. The Morgan fingerprint density at radius 3 is 2.70 bits per heavy atom. The van der Waals surface area contributed by atoms with Gasteiger partial charge in [-0.25, -0.2) is 9.97 Å². The zero-order chi connectivity index (χ0) is 16.8. The molecule has 2 aromatic rings. The number of aryl methyl sites for hydroxylation is 1. The average molecular weight is 377 g/mol. The Balaban J connectivity index is 2.11. The number of carbonyl (C=O) groups is 1. The first kappa shape index (κ1) is 17.4. The highest BCUT2D eigenvalue weighted by Gasteiger charge is 2.12. The van der Waals surface area contributed by atoms with E-state index in [1.807, 2.05) is 24.3 Å². The highest BCUT2D eigenvalue weighted by molar-refractivity contribution is 9.10. The third-order valence-corrected chi connectivity index (χ3v) is 3.91. The van der Waals surface area contributed by atoms with Gasteiger partial charge < -0.3 is 10.6 Å². The number of anilines is 2. The summed E-state index contributed by atoms with van der Waals surface area (Å²) in [5.41, 5.74) is 1.06. The second-order valence-corrected chi connectivity index (χ2v) is 6.58. The van der Waals surface area contributed by atoms with Gasteiger partial charge in [-0.15, -0.1) is 0 Å². The van der Waals surface area contributed by atoms with Gasteiger partial charge in [-0.1, -0.05) is 26.0 Å². The molecule has 0 spiro atoms. The van der Waals surface area contributed by atoms with Gasteiger partial charge in [-0.3, -0.25) is 4.79 Å². The molecule has 0 saturated heterocycles. The molecule has 0 unspecified atom stereocenters. The summed E-state index contributed by atoms with van der Waals surface area (Å²) < 4.78 is 0.828. The van der Waals surface area contributed by atoms with Crippen molar-refractivity contribution in [3.63, 3.8) is 0 Å². The lowest BCUT2D eigenvalue weighted by molar-refractivity contribution is 0.102. The normalized spacial score (nSPS) is 10.7. The highest BCUT2D eigenvalue weighted by Crippen LogP contribution is 2.22. The molecule has 0 aliphatic carbocycles. The van der Waals surface area contributed by atoms with Crippen molar-refractivity contribution in [3.8, 4) is 0 Å². The molecule has 0 saturated carbocycles. The first-order valence-corrected chi connectivity index (χ1v) is 8.40. The van der Waals surface area contributed by atoms with Crippen LogP contribution in [-0.2, 0) is 0 Å². The van der Waals surface area contributed by atoms with Crippen molar-refractivity contribution in [1.82, 2.24) is 9.97 Å². The van der Waals surface area contributed by atoms with Crippen LogP contribution in [0.1, 0.15) is 36.6 Å². The fourth-order valence-corrected chi connectivity index (χ4v) is 2.40. The van der Waals surface area contributed by atoms with Crippen LogP contribution in [0.4, 0.5) is 11.5 Å². The molecule has 6 heteroatoms. The summed E-state index contributed by atoms with van der Waals surface area (Å²) >= 11 is 3.41. The summed E-state index contributed by atoms with van der Waals surface area (Å²) in [5.74, 6) is 1.60. The van der Waals surface area contributed by atoms with Crippen molar-refractivity contribution < 1.29 is 4.79 Å². The molecule has 1 amide bonds. The Kier molecular flexibility index (Phi) is 6.10. The smallest absolute Gasteiger partial charge is 0.274 e. The SMILES string of the molecule is Cc1nc(NCCC(C)C)cc(C(=O)Nc2ccccc2Br)n1. The second kappa shape index (κ2) is 8.06. The Morgan fingerprint density at radius 1 is 1.26 bits per heavy atom. The van der Waals surface area contributed by atoms with E-state index in [1.54, 1.807) is 13.0 Å². The summed E-state index contributed by atoms with van der Waals surface area (Å²) in [6.45, 7) is 6.94. The molecule has 2 rings (SSSR count). The molecular weight excluding hydrogens is 356 g/mol. The van der Waals surface area contributed by atoms with E-state index >= 15 is 0 Å². The Bertz CT molecular complexity index is 688. The van der Waals surface area contributed by atoms with Crippen LogP contribution in [0, 0.1) is 12.8 Å². The van der Waals surface area contributed by atoms with Crippen molar-refractivity contribution in [1.29, 1.82) is 0 Å². The lowest BCUT2D eigenvalue weighted by Gasteiger charge is -2.10. The van der Waals surface area contributed by atoms with Crippen molar-refractivity contribution in [2.45, 2.75) is 27.2 Å². The number of halogens is 1. The molecule has 0 aliphatic heterocycles. The van der Waals surface area contributed by atoms with Crippen LogP contribution in [0.2, 0.25) is 0 Å². The van der Waals surface area contributed by atoms with Gasteiger partial charge in [0.15, 0.2) is 0 Å². The first-order valence-electron chi connectivity index (χ1n) is 7.61. The van der Waals surface area contributed by atoms with Gasteiger partial charge in [0.1, 0.15) is 17.3 Å². The molecule has 122 valence electrons.